The third-order valence-corrected chi connectivity index (χ3v) is 3.57. The van der Waals surface area contributed by atoms with Crippen molar-refractivity contribution in [2.75, 3.05) is 0 Å². The number of hydrogen-bond acceptors (Lipinski definition) is 3. The van der Waals surface area contributed by atoms with Crippen LogP contribution in [0, 0.1) is 0 Å². The van der Waals surface area contributed by atoms with Crippen LogP contribution in [0.15, 0.2) is 41.1 Å². The highest BCUT2D eigenvalue weighted by Gasteiger charge is 2.11. The summed E-state index contributed by atoms with van der Waals surface area (Å²) in [6.45, 7) is 0. The quantitative estimate of drug-likeness (QED) is 0.648. The molecule has 3 rings (SSSR count). The van der Waals surface area contributed by atoms with Gasteiger partial charge in [0.1, 0.15) is 11.5 Å². The van der Waals surface area contributed by atoms with E-state index in [-0.39, 0.29) is 0 Å². The van der Waals surface area contributed by atoms with Crippen LogP contribution in [0.3, 0.4) is 0 Å². The Bertz CT molecular complexity index is 681. The minimum absolute atomic E-state index is 0.379. The minimum Gasteiger partial charge on any atom is -0.223 e. The number of rotatable bonds is 1. The van der Waals surface area contributed by atoms with E-state index in [1.807, 2.05) is 30.3 Å². The second-order valence-corrected chi connectivity index (χ2v) is 4.57. The summed E-state index contributed by atoms with van der Waals surface area (Å²) >= 11 is 9.25. The van der Waals surface area contributed by atoms with E-state index < -0.39 is 0 Å². The molecule has 2 heterocycles. The fourth-order valence-electron chi connectivity index (χ4n) is 1.52. The summed E-state index contributed by atoms with van der Waals surface area (Å²) in [6, 6.07) is 9.76. The summed E-state index contributed by atoms with van der Waals surface area (Å²) in [5.41, 5.74) is 1.61. The van der Waals surface area contributed by atoms with E-state index >= 15 is 0 Å². The second-order valence-electron chi connectivity index (χ2n) is 3.42. The number of aromatic nitrogens is 4. The number of halogens is 2. The molecule has 0 saturated carbocycles. The lowest BCUT2D eigenvalue weighted by Crippen LogP contribution is -1.90. The number of benzene rings is 1. The molecule has 0 atom stereocenters. The van der Waals surface area contributed by atoms with Crippen molar-refractivity contribution < 1.29 is 0 Å². The molecular weight excluding hydrogens is 304 g/mol. The van der Waals surface area contributed by atoms with Gasteiger partial charge in [-0.05, 0) is 15.9 Å². The average molecular weight is 310 g/mol. The third kappa shape index (κ3) is 1.81. The van der Waals surface area contributed by atoms with Gasteiger partial charge in [0.25, 0.3) is 0 Å². The van der Waals surface area contributed by atoms with Crippen LogP contribution in [0.4, 0.5) is 0 Å². The van der Waals surface area contributed by atoms with E-state index in [4.69, 9.17) is 11.6 Å². The lowest BCUT2D eigenvalue weighted by Gasteiger charge is -1.94. The SMILES string of the molecule is Clc1ncn2nc(-c3ccccc3)nc2c1Br. The summed E-state index contributed by atoms with van der Waals surface area (Å²) in [5.74, 6) is 0.648. The maximum Gasteiger partial charge on any atom is 0.182 e. The van der Waals surface area contributed by atoms with Crippen LogP contribution < -0.4 is 0 Å². The maximum absolute atomic E-state index is 5.90. The molecule has 0 N–H and O–H groups in total. The van der Waals surface area contributed by atoms with Crippen molar-refractivity contribution in [2.45, 2.75) is 0 Å². The highest BCUT2D eigenvalue weighted by Crippen LogP contribution is 2.25. The Morgan fingerprint density at radius 2 is 1.94 bits per heavy atom. The van der Waals surface area contributed by atoms with Crippen molar-refractivity contribution in [3.8, 4) is 11.4 Å². The van der Waals surface area contributed by atoms with E-state index in [2.05, 4.69) is 31.0 Å². The van der Waals surface area contributed by atoms with Crippen LogP contribution >= 0.6 is 27.5 Å². The zero-order valence-electron chi connectivity index (χ0n) is 8.51. The molecule has 0 aliphatic heterocycles. The predicted octanol–water partition coefficient (Wildman–Crippen LogP) is 3.21. The van der Waals surface area contributed by atoms with E-state index in [0.29, 0.717) is 21.1 Å². The molecule has 0 saturated heterocycles. The van der Waals surface area contributed by atoms with Crippen molar-refractivity contribution in [3.05, 3.63) is 46.3 Å². The van der Waals surface area contributed by atoms with Crippen molar-refractivity contribution in [3.63, 3.8) is 0 Å². The van der Waals surface area contributed by atoms with Gasteiger partial charge in [-0.25, -0.2) is 14.5 Å². The summed E-state index contributed by atoms with van der Waals surface area (Å²) in [6.07, 6.45) is 1.54. The summed E-state index contributed by atoms with van der Waals surface area (Å²) in [4.78, 5) is 8.42. The number of fused-ring (bicyclic) bond motifs is 1. The molecular formula is C11H6BrClN4. The van der Waals surface area contributed by atoms with Crippen LogP contribution in [0.1, 0.15) is 0 Å². The molecule has 4 nitrogen and oxygen atoms in total. The molecule has 0 unspecified atom stereocenters. The Balaban J connectivity index is 2.24. The van der Waals surface area contributed by atoms with Crippen molar-refractivity contribution in [1.82, 2.24) is 19.6 Å². The maximum atomic E-state index is 5.90. The average Bonchev–Trinajstić information content (AvgIpc) is 2.80. The topological polar surface area (TPSA) is 43.1 Å². The van der Waals surface area contributed by atoms with Crippen LogP contribution in [0.25, 0.3) is 17.0 Å². The molecule has 0 spiro atoms. The Labute approximate surface area is 110 Å². The summed E-state index contributed by atoms with van der Waals surface area (Å²) in [5, 5.41) is 4.72. The largest absolute Gasteiger partial charge is 0.223 e. The van der Waals surface area contributed by atoms with E-state index in [1.54, 1.807) is 10.8 Å². The van der Waals surface area contributed by atoms with Gasteiger partial charge < -0.3 is 0 Å². The monoisotopic (exact) mass is 308 g/mol. The first-order valence-electron chi connectivity index (χ1n) is 4.87. The molecule has 6 heteroatoms. The highest BCUT2D eigenvalue weighted by molar-refractivity contribution is 9.10. The highest BCUT2D eigenvalue weighted by atomic mass is 79.9. The van der Waals surface area contributed by atoms with E-state index in [0.717, 1.165) is 5.56 Å². The second kappa shape index (κ2) is 4.09. The minimum atomic E-state index is 0.379. The predicted molar refractivity (Wildman–Crippen MR) is 68.9 cm³/mol. The number of hydrogen-bond donors (Lipinski definition) is 0. The normalized spacial score (nSPS) is 10.9. The summed E-state index contributed by atoms with van der Waals surface area (Å²) in [7, 11) is 0. The first-order chi connectivity index (χ1) is 8.25. The Morgan fingerprint density at radius 3 is 2.71 bits per heavy atom. The molecule has 0 bridgehead atoms. The van der Waals surface area contributed by atoms with Gasteiger partial charge in [0, 0.05) is 5.56 Å². The van der Waals surface area contributed by atoms with Crippen molar-refractivity contribution in [2.24, 2.45) is 0 Å². The fraction of sp³-hybridized carbons (Fsp3) is 0. The van der Waals surface area contributed by atoms with Gasteiger partial charge in [-0.3, -0.25) is 0 Å². The molecule has 84 valence electrons. The zero-order valence-corrected chi connectivity index (χ0v) is 10.9. The number of nitrogens with zero attached hydrogens (tertiary/aromatic N) is 4. The van der Waals surface area contributed by atoms with Crippen LogP contribution in [-0.4, -0.2) is 19.6 Å². The van der Waals surface area contributed by atoms with Gasteiger partial charge in [-0.2, -0.15) is 0 Å². The smallest absolute Gasteiger partial charge is 0.182 e. The van der Waals surface area contributed by atoms with Gasteiger partial charge in [-0.1, -0.05) is 41.9 Å². The van der Waals surface area contributed by atoms with Crippen LogP contribution in [-0.2, 0) is 0 Å². The summed E-state index contributed by atoms with van der Waals surface area (Å²) < 4.78 is 2.24. The molecule has 0 fully saturated rings. The van der Waals surface area contributed by atoms with Gasteiger partial charge in [0.2, 0.25) is 0 Å². The first-order valence-corrected chi connectivity index (χ1v) is 6.04. The first kappa shape index (κ1) is 10.7. The van der Waals surface area contributed by atoms with E-state index in [1.165, 1.54) is 0 Å². The Kier molecular flexibility index (Phi) is 2.57. The Hall–Kier alpha value is -1.46. The standard InChI is InChI=1S/C11H6BrClN4/c12-8-9(13)14-6-17-11(8)15-10(16-17)7-4-2-1-3-5-7/h1-6H. The van der Waals surface area contributed by atoms with Crippen molar-refractivity contribution in [1.29, 1.82) is 0 Å². The molecule has 0 aliphatic rings. The molecule has 1 aromatic carbocycles. The van der Waals surface area contributed by atoms with Gasteiger partial charge in [-0.15, -0.1) is 5.10 Å². The molecule has 3 aromatic rings. The third-order valence-electron chi connectivity index (χ3n) is 2.32. The van der Waals surface area contributed by atoms with Gasteiger partial charge in [0.05, 0.1) is 4.47 Å². The fourth-order valence-corrected chi connectivity index (χ4v) is 2.02. The van der Waals surface area contributed by atoms with Crippen LogP contribution in [0.5, 0.6) is 0 Å². The van der Waals surface area contributed by atoms with Gasteiger partial charge >= 0.3 is 0 Å². The lowest BCUT2D eigenvalue weighted by atomic mass is 10.2. The van der Waals surface area contributed by atoms with E-state index in [9.17, 15) is 0 Å². The molecule has 2 aromatic heterocycles. The lowest BCUT2D eigenvalue weighted by molar-refractivity contribution is 0.921. The molecule has 0 amide bonds. The Morgan fingerprint density at radius 1 is 1.18 bits per heavy atom. The van der Waals surface area contributed by atoms with Crippen LogP contribution in [0.2, 0.25) is 5.15 Å². The molecule has 0 radical (unpaired) electrons. The van der Waals surface area contributed by atoms with Crippen molar-refractivity contribution >= 4 is 33.2 Å². The molecule has 0 aliphatic carbocycles. The zero-order chi connectivity index (χ0) is 11.8. The van der Waals surface area contributed by atoms with Gasteiger partial charge in [0.15, 0.2) is 11.5 Å². The molecule has 17 heavy (non-hydrogen) atoms.